The number of ether oxygens (including phenoxy) is 2. The molecule has 0 atom stereocenters. The van der Waals surface area contributed by atoms with Gasteiger partial charge in [-0.25, -0.2) is 0 Å². The van der Waals surface area contributed by atoms with E-state index in [9.17, 15) is 9.59 Å². The van der Waals surface area contributed by atoms with Gasteiger partial charge in [-0.2, -0.15) is 0 Å². The summed E-state index contributed by atoms with van der Waals surface area (Å²) in [6.45, 7) is 8.55. The second-order valence-corrected chi connectivity index (χ2v) is 12.1. The van der Waals surface area contributed by atoms with Crippen LogP contribution in [0.5, 0.6) is 0 Å². The lowest BCUT2D eigenvalue weighted by molar-refractivity contribution is 0.145. The predicted molar refractivity (Wildman–Crippen MR) is 118 cm³/mol. The molecular weight excluding hydrogens is 380 g/mol. The molecule has 0 bridgehead atoms. The number of carbonyl (C=O) groups is 2. The van der Waals surface area contributed by atoms with Crippen molar-refractivity contribution in [2.24, 2.45) is 11.8 Å². The Morgan fingerprint density at radius 3 is 1.34 bits per heavy atom. The molecule has 0 saturated heterocycles. The molecule has 0 amide bonds. The zero-order valence-corrected chi connectivity index (χ0v) is 18.9. The van der Waals surface area contributed by atoms with Gasteiger partial charge in [-0.1, -0.05) is 88.4 Å². The molecule has 2 rings (SSSR count). The van der Waals surface area contributed by atoms with Crippen LogP contribution < -0.4 is 0 Å². The van der Waals surface area contributed by atoms with E-state index in [2.05, 4.69) is 0 Å². The SMILES string of the molecule is CC(C)COC(=O)[Si](Cc1ccccc1)(Cc1ccccc1)C(=O)OCC(C)C. The van der Waals surface area contributed by atoms with Crippen LogP contribution >= 0.6 is 0 Å². The van der Waals surface area contributed by atoms with Gasteiger partial charge in [-0.15, -0.1) is 0 Å². The zero-order chi connectivity index (χ0) is 21.3. The second-order valence-electron chi connectivity index (χ2n) is 8.39. The Labute approximate surface area is 175 Å². The molecule has 156 valence electrons. The Bertz CT molecular complexity index is 704. The standard InChI is InChI=1S/C24H32O4Si/c1-19(2)15-27-23(25)29(24(26)28-16-20(3)4,17-21-11-7-5-8-12-21)18-22-13-9-6-10-14-22/h5-14,19-20H,15-18H2,1-4H3. The monoisotopic (exact) mass is 412 g/mol. The minimum atomic E-state index is -3.34. The minimum absolute atomic E-state index is 0.200. The van der Waals surface area contributed by atoms with Gasteiger partial charge in [0.15, 0.2) is 0 Å². The van der Waals surface area contributed by atoms with Crippen molar-refractivity contribution < 1.29 is 19.1 Å². The first-order valence-electron chi connectivity index (χ1n) is 10.3. The number of carbonyl (C=O) groups excluding carboxylic acids is 2. The summed E-state index contributed by atoms with van der Waals surface area (Å²) in [4.78, 5) is 26.8. The molecule has 0 radical (unpaired) electrons. The van der Waals surface area contributed by atoms with Gasteiger partial charge in [-0.3, -0.25) is 9.59 Å². The van der Waals surface area contributed by atoms with Crippen LogP contribution in [-0.4, -0.2) is 32.5 Å². The molecule has 2 aromatic rings. The second kappa shape index (κ2) is 11.0. The summed E-state index contributed by atoms with van der Waals surface area (Å²) in [6, 6.07) is 20.1. The first-order valence-corrected chi connectivity index (χ1v) is 12.7. The molecule has 0 N–H and O–H groups in total. The van der Waals surface area contributed by atoms with Gasteiger partial charge < -0.3 is 9.47 Å². The maximum Gasteiger partial charge on any atom is 0.320 e. The quantitative estimate of drug-likeness (QED) is 0.466. The molecule has 0 spiro atoms. The Morgan fingerprint density at radius 1 is 0.690 bits per heavy atom. The zero-order valence-electron chi connectivity index (χ0n) is 17.9. The number of hydrogen-bond donors (Lipinski definition) is 0. The van der Waals surface area contributed by atoms with Gasteiger partial charge in [0.05, 0.1) is 13.2 Å². The van der Waals surface area contributed by atoms with Crippen LogP contribution in [-0.2, 0) is 21.6 Å². The summed E-state index contributed by atoms with van der Waals surface area (Å²) < 4.78 is 11.3. The van der Waals surface area contributed by atoms with Gasteiger partial charge in [0, 0.05) is 0 Å². The molecule has 0 heterocycles. The van der Waals surface area contributed by atoms with Crippen LogP contribution in [0.1, 0.15) is 38.8 Å². The molecule has 0 aliphatic rings. The van der Waals surface area contributed by atoms with Crippen LogP contribution in [0.25, 0.3) is 0 Å². The largest absolute Gasteiger partial charge is 0.469 e. The van der Waals surface area contributed by atoms with Crippen molar-refractivity contribution in [1.82, 2.24) is 0 Å². The van der Waals surface area contributed by atoms with Crippen LogP contribution in [0.3, 0.4) is 0 Å². The number of benzene rings is 2. The smallest absolute Gasteiger partial charge is 0.320 e. The molecule has 0 fully saturated rings. The number of hydrogen-bond acceptors (Lipinski definition) is 4. The lowest BCUT2D eigenvalue weighted by atomic mass is 10.2. The summed E-state index contributed by atoms with van der Waals surface area (Å²) in [5.41, 5.74) is 1.15. The Balaban J connectivity index is 2.45. The highest BCUT2D eigenvalue weighted by Gasteiger charge is 2.53. The van der Waals surface area contributed by atoms with Crippen LogP contribution in [0.4, 0.5) is 9.59 Å². The molecular formula is C24H32O4Si. The molecule has 0 unspecified atom stereocenters. The van der Waals surface area contributed by atoms with Gasteiger partial charge >= 0.3 is 8.07 Å². The average molecular weight is 413 g/mol. The van der Waals surface area contributed by atoms with E-state index in [4.69, 9.17) is 9.47 Å². The van der Waals surface area contributed by atoms with Gasteiger partial charge in [0.25, 0.3) is 11.2 Å². The van der Waals surface area contributed by atoms with E-state index in [-0.39, 0.29) is 23.0 Å². The highest BCUT2D eigenvalue weighted by molar-refractivity contribution is 7.22. The molecule has 2 aromatic carbocycles. The van der Waals surface area contributed by atoms with Crippen LogP contribution in [0.15, 0.2) is 60.7 Å². The fourth-order valence-corrected chi connectivity index (χ4v) is 6.54. The molecule has 0 aliphatic heterocycles. The van der Waals surface area contributed by atoms with Crippen molar-refractivity contribution >= 4 is 19.3 Å². The first kappa shape index (κ1) is 22.9. The minimum Gasteiger partial charge on any atom is -0.469 e. The predicted octanol–water partition coefficient (Wildman–Crippen LogP) is 5.75. The lowest BCUT2D eigenvalue weighted by Crippen LogP contribution is -2.58. The van der Waals surface area contributed by atoms with Gasteiger partial charge in [0.2, 0.25) is 0 Å². The van der Waals surface area contributed by atoms with Gasteiger partial charge in [-0.05, 0) is 35.1 Å². The number of rotatable bonds is 10. The average Bonchev–Trinajstić information content (AvgIpc) is 2.71. The fraction of sp³-hybridized carbons (Fsp3) is 0.417. The highest BCUT2D eigenvalue weighted by Crippen LogP contribution is 2.24. The summed E-state index contributed by atoms with van der Waals surface area (Å²) in [7, 11) is -3.34. The Morgan fingerprint density at radius 2 is 1.03 bits per heavy atom. The van der Waals surface area contributed by atoms with E-state index in [1.54, 1.807) is 0 Å². The Kier molecular flexibility index (Phi) is 8.64. The van der Waals surface area contributed by atoms with E-state index < -0.39 is 8.07 Å². The third kappa shape index (κ3) is 6.86. The van der Waals surface area contributed by atoms with Crippen LogP contribution in [0.2, 0.25) is 0 Å². The molecule has 29 heavy (non-hydrogen) atoms. The normalized spacial score (nSPS) is 11.5. The van der Waals surface area contributed by atoms with E-state index >= 15 is 0 Å². The molecule has 0 saturated carbocycles. The lowest BCUT2D eigenvalue weighted by Gasteiger charge is -2.28. The topological polar surface area (TPSA) is 52.6 Å². The van der Waals surface area contributed by atoms with Crippen LogP contribution in [0, 0.1) is 11.8 Å². The summed E-state index contributed by atoms with van der Waals surface area (Å²) >= 11 is 0. The first-order chi connectivity index (χ1) is 13.8. The maximum atomic E-state index is 13.4. The molecule has 4 nitrogen and oxygen atoms in total. The van der Waals surface area contributed by atoms with E-state index in [1.165, 1.54) is 0 Å². The highest BCUT2D eigenvalue weighted by atomic mass is 28.3. The third-order valence-electron chi connectivity index (χ3n) is 4.57. The van der Waals surface area contributed by atoms with E-state index in [0.717, 1.165) is 11.1 Å². The molecule has 0 aromatic heterocycles. The van der Waals surface area contributed by atoms with Crippen molar-refractivity contribution in [3.63, 3.8) is 0 Å². The Hall–Kier alpha value is -2.40. The molecule has 0 aliphatic carbocycles. The van der Waals surface area contributed by atoms with Crippen molar-refractivity contribution in [2.45, 2.75) is 39.8 Å². The van der Waals surface area contributed by atoms with Crippen molar-refractivity contribution in [3.05, 3.63) is 71.8 Å². The summed E-state index contributed by atoms with van der Waals surface area (Å²) in [5.74, 6) is 0.400. The fourth-order valence-electron chi connectivity index (χ4n) is 3.08. The van der Waals surface area contributed by atoms with E-state index in [0.29, 0.717) is 25.3 Å². The maximum absolute atomic E-state index is 13.4. The van der Waals surface area contributed by atoms with Crippen molar-refractivity contribution in [1.29, 1.82) is 0 Å². The summed E-state index contributed by atoms with van der Waals surface area (Å²) in [6.07, 6.45) is 0. The summed E-state index contributed by atoms with van der Waals surface area (Å²) in [5, 5.41) is 0. The van der Waals surface area contributed by atoms with E-state index in [1.807, 2.05) is 88.4 Å². The van der Waals surface area contributed by atoms with Crippen molar-refractivity contribution in [3.8, 4) is 0 Å². The molecule has 5 heteroatoms. The third-order valence-corrected chi connectivity index (χ3v) is 8.45. The van der Waals surface area contributed by atoms with Gasteiger partial charge in [0.1, 0.15) is 0 Å². The van der Waals surface area contributed by atoms with Crippen molar-refractivity contribution in [2.75, 3.05) is 13.2 Å².